The topological polar surface area (TPSA) is 47.6 Å². The van der Waals surface area contributed by atoms with Crippen molar-refractivity contribution in [3.8, 4) is 11.5 Å². The standard InChI is InChI=1S/C19H19NO3/c1-22-17-8-4-2-6-14(17)10-11-19(21)20-16-12-13-23-18-9-5-3-7-15(16)18/h2-11,16H,12-13H2,1H3,(H,20,21)/b11-10+. The Morgan fingerprint density at radius 2 is 2.00 bits per heavy atom. The molecule has 2 aromatic rings. The summed E-state index contributed by atoms with van der Waals surface area (Å²) in [7, 11) is 1.62. The molecule has 0 saturated carbocycles. The third-order valence-electron chi connectivity index (χ3n) is 3.83. The summed E-state index contributed by atoms with van der Waals surface area (Å²) in [5.41, 5.74) is 1.90. The fourth-order valence-corrected chi connectivity index (χ4v) is 2.68. The van der Waals surface area contributed by atoms with Gasteiger partial charge in [0, 0.05) is 23.6 Å². The molecule has 0 radical (unpaired) electrons. The molecular formula is C19H19NO3. The molecule has 1 N–H and O–H groups in total. The zero-order chi connectivity index (χ0) is 16.1. The van der Waals surface area contributed by atoms with E-state index >= 15 is 0 Å². The van der Waals surface area contributed by atoms with E-state index in [4.69, 9.17) is 9.47 Å². The monoisotopic (exact) mass is 309 g/mol. The summed E-state index contributed by atoms with van der Waals surface area (Å²) in [5, 5.41) is 3.04. The molecule has 0 fully saturated rings. The molecule has 1 aliphatic heterocycles. The second-order valence-electron chi connectivity index (χ2n) is 5.31. The van der Waals surface area contributed by atoms with Crippen molar-refractivity contribution in [3.63, 3.8) is 0 Å². The van der Waals surface area contributed by atoms with E-state index in [1.54, 1.807) is 13.2 Å². The number of carbonyl (C=O) groups is 1. The van der Waals surface area contributed by atoms with Gasteiger partial charge in [-0.15, -0.1) is 0 Å². The molecule has 1 atom stereocenters. The van der Waals surface area contributed by atoms with Crippen LogP contribution in [0.1, 0.15) is 23.6 Å². The van der Waals surface area contributed by atoms with E-state index in [0.29, 0.717) is 6.61 Å². The van der Waals surface area contributed by atoms with Crippen molar-refractivity contribution < 1.29 is 14.3 Å². The van der Waals surface area contributed by atoms with Crippen LogP contribution in [0.25, 0.3) is 6.08 Å². The van der Waals surface area contributed by atoms with E-state index in [9.17, 15) is 4.79 Å². The molecule has 2 aromatic carbocycles. The minimum absolute atomic E-state index is 0.0187. The van der Waals surface area contributed by atoms with Crippen molar-refractivity contribution >= 4 is 12.0 Å². The molecule has 0 aromatic heterocycles. The molecule has 3 rings (SSSR count). The third-order valence-corrected chi connectivity index (χ3v) is 3.83. The quantitative estimate of drug-likeness (QED) is 0.881. The highest BCUT2D eigenvalue weighted by atomic mass is 16.5. The summed E-state index contributed by atoms with van der Waals surface area (Å²) >= 11 is 0. The summed E-state index contributed by atoms with van der Waals surface area (Å²) in [4.78, 5) is 12.2. The lowest BCUT2D eigenvalue weighted by Gasteiger charge is -2.26. The van der Waals surface area contributed by atoms with Crippen LogP contribution in [0.4, 0.5) is 0 Å². The van der Waals surface area contributed by atoms with Gasteiger partial charge < -0.3 is 14.8 Å². The SMILES string of the molecule is COc1ccccc1/C=C/C(=O)NC1CCOc2ccccc21. The smallest absolute Gasteiger partial charge is 0.244 e. The van der Waals surface area contributed by atoms with Gasteiger partial charge in [-0.2, -0.15) is 0 Å². The number of hydrogen-bond donors (Lipinski definition) is 1. The van der Waals surface area contributed by atoms with E-state index in [2.05, 4.69) is 5.32 Å². The van der Waals surface area contributed by atoms with Crippen molar-refractivity contribution in [1.29, 1.82) is 0 Å². The highest BCUT2D eigenvalue weighted by molar-refractivity contribution is 5.92. The van der Waals surface area contributed by atoms with Crippen molar-refractivity contribution in [1.82, 2.24) is 5.32 Å². The normalized spacial score (nSPS) is 16.5. The molecule has 0 bridgehead atoms. The summed E-state index contributed by atoms with van der Waals surface area (Å²) in [6, 6.07) is 15.4. The maximum atomic E-state index is 12.2. The Labute approximate surface area is 135 Å². The van der Waals surface area contributed by atoms with Crippen molar-refractivity contribution in [2.75, 3.05) is 13.7 Å². The van der Waals surface area contributed by atoms with Crippen LogP contribution in [0.15, 0.2) is 54.6 Å². The maximum absolute atomic E-state index is 12.2. The van der Waals surface area contributed by atoms with Gasteiger partial charge >= 0.3 is 0 Å². The van der Waals surface area contributed by atoms with Gasteiger partial charge in [0.2, 0.25) is 5.91 Å². The van der Waals surface area contributed by atoms with Crippen LogP contribution in [0.5, 0.6) is 11.5 Å². The summed E-state index contributed by atoms with van der Waals surface area (Å²) < 4.78 is 10.9. The first-order chi connectivity index (χ1) is 11.3. The van der Waals surface area contributed by atoms with Gasteiger partial charge in [0.15, 0.2) is 0 Å². The Bertz CT molecular complexity index is 724. The molecule has 0 saturated heterocycles. The number of methoxy groups -OCH3 is 1. The lowest BCUT2D eigenvalue weighted by molar-refractivity contribution is -0.117. The van der Waals surface area contributed by atoms with Gasteiger partial charge in [0.1, 0.15) is 11.5 Å². The predicted molar refractivity (Wildman–Crippen MR) is 89.5 cm³/mol. The predicted octanol–water partition coefficient (Wildman–Crippen LogP) is 3.35. The Balaban J connectivity index is 1.70. The van der Waals surface area contributed by atoms with Crippen LogP contribution in [-0.4, -0.2) is 19.6 Å². The molecule has 1 amide bonds. The lowest BCUT2D eigenvalue weighted by atomic mass is 10.0. The van der Waals surface area contributed by atoms with E-state index in [0.717, 1.165) is 29.0 Å². The first-order valence-electron chi connectivity index (χ1n) is 7.61. The molecule has 1 heterocycles. The summed E-state index contributed by atoms with van der Waals surface area (Å²) in [6.45, 7) is 0.609. The van der Waals surface area contributed by atoms with E-state index < -0.39 is 0 Å². The maximum Gasteiger partial charge on any atom is 0.244 e. The van der Waals surface area contributed by atoms with Gasteiger partial charge in [-0.05, 0) is 18.2 Å². The zero-order valence-electron chi connectivity index (χ0n) is 13.0. The Hall–Kier alpha value is -2.75. The molecule has 1 unspecified atom stereocenters. The minimum Gasteiger partial charge on any atom is -0.496 e. The average molecular weight is 309 g/mol. The van der Waals surface area contributed by atoms with Gasteiger partial charge in [0.25, 0.3) is 0 Å². The summed E-state index contributed by atoms with van der Waals surface area (Å²) in [6.07, 6.45) is 4.07. The number of benzene rings is 2. The van der Waals surface area contributed by atoms with Crippen LogP contribution >= 0.6 is 0 Å². The van der Waals surface area contributed by atoms with Crippen LogP contribution in [0, 0.1) is 0 Å². The van der Waals surface area contributed by atoms with Gasteiger partial charge in [-0.1, -0.05) is 36.4 Å². The Morgan fingerprint density at radius 3 is 2.87 bits per heavy atom. The zero-order valence-corrected chi connectivity index (χ0v) is 13.0. The Kier molecular flexibility index (Phi) is 4.62. The molecule has 4 heteroatoms. The van der Waals surface area contributed by atoms with Gasteiger partial charge in [0.05, 0.1) is 19.8 Å². The van der Waals surface area contributed by atoms with Crippen LogP contribution in [0.3, 0.4) is 0 Å². The fraction of sp³-hybridized carbons (Fsp3) is 0.211. The number of ether oxygens (including phenoxy) is 2. The van der Waals surface area contributed by atoms with E-state index in [1.807, 2.05) is 48.5 Å². The van der Waals surface area contributed by atoms with Crippen LogP contribution < -0.4 is 14.8 Å². The fourth-order valence-electron chi connectivity index (χ4n) is 2.68. The summed E-state index contributed by atoms with van der Waals surface area (Å²) in [5.74, 6) is 1.46. The van der Waals surface area contributed by atoms with E-state index in [1.165, 1.54) is 6.08 Å². The molecule has 1 aliphatic rings. The highest BCUT2D eigenvalue weighted by Gasteiger charge is 2.21. The lowest BCUT2D eigenvalue weighted by Crippen LogP contribution is -2.30. The molecule has 118 valence electrons. The molecular weight excluding hydrogens is 290 g/mol. The second-order valence-corrected chi connectivity index (χ2v) is 5.31. The van der Waals surface area contributed by atoms with Gasteiger partial charge in [-0.25, -0.2) is 0 Å². The molecule has 23 heavy (non-hydrogen) atoms. The van der Waals surface area contributed by atoms with Crippen molar-refractivity contribution in [3.05, 3.63) is 65.7 Å². The minimum atomic E-state index is -0.127. The molecule has 0 aliphatic carbocycles. The number of fused-ring (bicyclic) bond motifs is 1. The first kappa shape index (κ1) is 15.2. The number of carbonyl (C=O) groups excluding carboxylic acids is 1. The Morgan fingerprint density at radius 1 is 1.22 bits per heavy atom. The number of hydrogen-bond acceptors (Lipinski definition) is 3. The average Bonchev–Trinajstić information content (AvgIpc) is 2.60. The third kappa shape index (κ3) is 3.54. The highest BCUT2D eigenvalue weighted by Crippen LogP contribution is 2.31. The molecule has 0 spiro atoms. The number of para-hydroxylation sites is 2. The number of amides is 1. The number of nitrogens with one attached hydrogen (secondary N) is 1. The van der Waals surface area contributed by atoms with Crippen LogP contribution in [0.2, 0.25) is 0 Å². The largest absolute Gasteiger partial charge is 0.496 e. The van der Waals surface area contributed by atoms with Crippen LogP contribution in [-0.2, 0) is 4.79 Å². The molecule has 4 nitrogen and oxygen atoms in total. The van der Waals surface area contributed by atoms with E-state index in [-0.39, 0.29) is 11.9 Å². The second kappa shape index (κ2) is 7.01. The number of rotatable bonds is 4. The van der Waals surface area contributed by atoms with Crippen molar-refractivity contribution in [2.45, 2.75) is 12.5 Å². The van der Waals surface area contributed by atoms with Gasteiger partial charge in [-0.3, -0.25) is 4.79 Å². The first-order valence-corrected chi connectivity index (χ1v) is 7.61. The van der Waals surface area contributed by atoms with Crippen molar-refractivity contribution in [2.24, 2.45) is 0 Å².